The van der Waals surface area contributed by atoms with E-state index >= 15 is 0 Å². The van der Waals surface area contributed by atoms with Gasteiger partial charge in [0.1, 0.15) is 28.8 Å². The molecule has 1 amide bonds. The number of hydrogen-bond acceptors (Lipinski definition) is 6. The number of carbonyl (C=O) groups excluding carboxylic acids is 1. The first kappa shape index (κ1) is 13.6. The number of rotatable bonds is 4. The Morgan fingerprint density at radius 3 is 3.10 bits per heavy atom. The van der Waals surface area contributed by atoms with Crippen LogP contribution in [0.2, 0.25) is 0 Å². The third kappa shape index (κ3) is 2.88. The van der Waals surface area contributed by atoms with Gasteiger partial charge in [-0.1, -0.05) is 11.3 Å². The molecule has 0 saturated heterocycles. The van der Waals surface area contributed by atoms with Crippen molar-refractivity contribution in [2.45, 2.75) is 6.61 Å². The van der Waals surface area contributed by atoms with Crippen LogP contribution in [0.1, 0.15) is 15.5 Å². The third-order valence-electron chi connectivity index (χ3n) is 2.60. The van der Waals surface area contributed by atoms with Gasteiger partial charge in [0.05, 0.1) is 0 Å². The standard InChI is InChI=1S/C12H10FN5O2S/c1-20-6-10-16-17-12(21-10)15-11(19)8-5-18-4-7(13)2-3-9(18)14-8/h2-5H,6H2,1H3,(H,15,17,19). The third-order valence-corrected chi connectivity index (χ3v) is 3.41. The van der Waals surface area contributed by atoms with Crippen LogP contribution in [-0.2, 0) is 11.3 Å². The fourth-order valence-electron chi connectivity index (χ4n) is 1.72. The second kappa shape index (κ2) is 5.54. The van der Waals surface area contributed by atoms with E-state index in [1.54, 1.807) is 7.11 Å². The van der Waals surface area contributed by atoms with Crippen molar-refractivity contribution in [3.05, 3.63) is 41.0 Å². The first-order chi connectivity index (χ1) is 10.2. The van der Waals surface area contributed by atoms with Gasteiger partial charge >= 0.3 is 0 Å². The van der Waals surface area contributed by atoms with Crippen LogP contribution >= 0.6 is 11.3 Å². The largest absolute Gasteiger partial charge is 0.377 e. The number of carbonyl (C=O) groups is 1. The second-order valence-corrected chi connectivity index (χ2v) is 5.19. The van der Waals surface area contributed by atoms with Crippen LogP contribution in [0.25, 0.3) is 5.65 Å². The number of ether oxygens (including phenoxy) is 1. The SMILES string of the molecule is COCc1nnc(NC(=O)c2cn3cc(F)ccc3n2)s1. The van der Waals surface area contributed by atoms with Crippen LogP contribution in [0.15, 0.2) is 24.5 Å². The number of pyridine rings is 1. The Morgan fingerprint density at radius 1 is 1.43 bits per heavy atom. The summed E-state index contributed by atoms with van der Waals surface area (Å²) in [6, 6.07) is 2.78. The molecule has 0 radical (unpaired) electrons. The van der Waals surface area contributed by atoms with Crippen molar-refractivity contribution in [2.75, 3.05) is 12.4 Å². The fraction of sp³-hybridized carbons (Fsp3) is 0.167. The van der Waals surface area contributed by atoms with Crippen LogP contribution in [0.4, 0.5) is 9.52 Å². The number of nitrogens with one attached hydrogen (secondary N) is 1. The predicted molar refractivity (Wildman–Crippen MR) is 73.7 cm³/mol. The molecule has 3 aromatic heterocycles. The Morgan fingerprint density at radius 2 is 2.29 bits per heavy atom. The summed E-state index contributed by atoms with van der Waals surface area (Å²) in [6.45, 7) is 0.335. The zero-order valence-corrected chi connectivity index (χ0v) is 11.7. The van der Waals surface area contributed by atoms with Crippen LogP contribution in [-0.4, -0.2) is 32.6 Å². The summed E-state index contributed by atoms with van der Waals surface area (Å²) in [7, 11) is 1.55. The molecule has 0 saturated carbocycles. The van der Waals surface area contributed by atoms with Crippen LogP contribution in [0.5, 0.6) is 0 Å². The Balaban J connectivity index is 1.79. The molecular formula is C12H10FN5O2S. The van der Waals surface area contributed by atoms with E-state index in [2.05, 4.69) is 20.5 Å². The molecule has 0 aliphatic heterocycles. The molecule has 3 aromatic rings. The average molecular weight is 307 g/mol. The Kier molecular flexibility index (Phi) is 3.59. The van der Waals surface area contributed by atoms with Gasteiger partial charge in [0.15, 0.2) is 0 Å². The minimum Gasteiger partial charge on any atom is -0.377 e. The number of fused-ring (bicyclic) bond motifs is 1. The minimum absolute atomic E-state index is 0.170. The molecule has 0 fully saturated rings. The highest BCUT2D eigenvalue weighted by molar-refractivity contribution is 7.15. The summed E-state index contributed by atoms with van der Waals surface area (Å²) in [5.41, 5.74) is 0.656. The Bertz CT molecular complexity index is 800. The van der Waals surface area contributed by atoms with Gasteiger partial charge in [-0.3, -0.25) is 10.1 Å². The number of aromatic nitrogens is 4. The van der Waals surface area contributed by atoms with E-state index in [0.29, 0.717) is 22.4 Å². The van der Waals surface area contributed by atoms with E-state index in [-0.39, 0.29) is 5.69 Å². The zero-order valence-electron chi connectivity index (χ0n) is 10.9. The minimum atomic E-state index is -0.431. The van der Waals surface area contributed by atoms with Gasteiger partial charge in [0.25, 0.3) is 5.91 Å². The summed E-state index contributed by atoms with van der Waals surface area (Å²) in [4.78, 5) is 16.2. The molecule has 21 heavy (non-hydrogen) atoms. The van der Waals surface area contributed by atoms with Crippen molar-refractivity contribution in [3.8, 4) is 0 Å². The Labute approximate surface area is 122 Å². The topological polar surface area (TPSA) is 81.4 Å². The monoisotopic (exact) mass is 307 g/mol. The normalized spacial score (nSPS) is 11.0. The van der Waals surface area contributed by atoms with E-state index in [4.69, 9.17) is 4.74 Å². The molecule has 3 heterocycles. The van der Waals surface area contributed by atoms with Crippen molar-refractivity contribution in [1.82, 2.24) is 19.6 Å². The highest BCUT2D eigenvalue weighted by atomic mass is 32.1. The number of methoxy groups -OCH3 is 1. The van der Waals surface area contributed by atoms with Gasteiger partial charge in [0, 0.05) is 19.5 Å². The molecule has 0 aromatic carbocycles. The zero-order chi connectivity index (χ0) is 14.8. The van der Waals surface area contributed by atoms with E-state index in [1.807, 2.05) is 0 Å². The van der Waals surface area contributed by atoms with Gasteiger partial charge in [-0.05, 0) is 12.1 Å². The molecule has 1 N–H and O–H groups in total. The Hall–Kier alpha value is -2.39. The number of imidazole rings is 1. The first-order valence-corrected chi connectivity index (χ1v) is 6.74. The van der Waals surface area contributed by atoms with E-state index < -0.39 is 11.7 Å². The van der Waals surface area contributed by atoms with Crippen LogP contribution < -0.4 is 5.32 Å². The number of nitrogens with zero attached hydrogens (tertiary/aromatic N) is 4. The molecule has 0 unspecified atom stereocenters. The molecule has 0 bridgehead atoms. The van der Waals surface area contributed by atoms with Gasteiger partial charge in [-0.25, -0.2) is 9.37 Å². The molecular weight excluding hydrogens is 297 g/mol. The van der Waals surface area contributed by atoms with Crippen molar-refractivity contribution >= 4 is 28.0 Å². The van der Waals surface area contributed by atoms with Crippen molar-refractivity contribution in [2.24, 2.45) is 0 Å². The summed E-state index contributed by atoms with van der Waals surface area (Å²) in [6.07, 6.45) is 2.70. The second-order valence-electron chi connectivity index (χ2n) is 4.13. The number of hydrogen-bond donors (Lipinski definition) is 1. The highest BCUT2D eigenvalue weighted by Crippen LogP contribution is 2.17. The maximum Gasteiger partial charge on any atom is 0.277 e. The lowest BCUT2D eigenvalue weighted by atomic mass is 10.4. The predicted octanol–water partition coefficient (Wildman–Crippen LogP) is 1.72. The number of amides is 1. The molecule has 0 aliphatic rings. The van der Waals surface area contributed by atoms with Crippen molar-refractivity contribution in [3.63, 3.8) is 0 Å². The van der Waals surface area contributed by atoms with E-state index in [0.717, 1.165) is 0 Å². The fourth-order valence-corrected chi connectivity index (χ4v) is 2.43. The first-order valence-electron chi connectivity index (χ1n) is 5.92. The van der Waals surface area contributed by atoms with Crippen molar-refractivity contribution in [1.29, 1.82) is 0 Å². The number of halogens is 1. The summed E-state index contributed by atoms with van der Waals surface area (Å²) < 4.78 is 19.5. The van der Waals surface area contributed by atoms with E-state index in [9.17, 15) is 9.18 Å². The molecule has 108 valence electrons. The molecule has 0 aliphatic carbocycles. The summed E-state index contributed by atoms with van der Waals surface area (Å²) >= 11 is 1.22. The quantitative estimate of drug-likeness (QED) is 0.793. The maximum absolute atomic E-state index is 13.1. The van der Waals surface area contributed by atoms with Gasteiger partial charge in [-0.15, -0.1) is 10.2 Å². The van der Waals surface area contributed by atoms with Gasteiger partial charge in [-0.2, -0.15) is 0 Å². The van der Waals surface area contributed by atoms with Gasteiger partial charge in [0.2, 0.25) is 5.13 Å². The molecule has 9 heteroatoms. The maximum atomic E-state index is 13.1. The average Bonchev–Trinajstić information content (AvgIpc) is 3.05. The summed E-state index contributed by atoms with van der Waals surface area (Å²) in [5.74, 6) is -0.834. The summed E-state index contributed by atoms with van der Waals surface area (Å²) in [5, 5.41) is 11.3. The lowest BCUT2D eigenvalue weighted by Crippen LogP contribution is -2.12. The lowest BCUT2D eigenvalue weighted by Gasteiger charge is -1.95. The van der Waals surface area contributed by atoms with E-state index in [1.165, 1.54) is 40.3 Å². The molecule has 3 rings (SSSR count). The van der Waals surface area contributed by atoms with Crippen molar-refractivity contribution < 1.29 is 13.9 Å². The number of anilines is 1. The smallest absolute Gasteiger partial charge is 0.277 e. The molecule has 7 nitrogen and oxygen atoms in total. The lowest BCUT2D eigenvalue weighted by molar-refractivity contribution is 0.102. The van der Waals surface area contributed by atoms with Crippen LogP contribution in [0.3, 0.4) is 0 Å². The van der Waals surface area contributed by atoms with Crippen LogP contribution in [0, 0.1) is 5.82 Å². The van der Waals surface area contributed by atoms with Gasteiger partial charge < -0.3 is 9.14 Å². The molecule has 0 spiro atoms. The highest BCUT2D eigenvalue weighted by Gasteiger charge is 2.14. The molecule has 0 atom stereocenters.